The molecule has 1 N–H and O–H groups in total. The molecule has 0 aliphatic rings. The van der Waals surface area contributed by atoms with E-state index < -0.39 is 6.61 Å². The highest BCUT2D eigenvalue weighted by molar-refractivity contribution is 5.92. The largest absolute Gasteiger partial charge is 0.435 e. The number of aromatic nitrogens is 4. The number of carbonyl (C=O) groups excluding carboxylic acids is 1. The Hall–Kier alpha value is -3.36. The van der Waals surface area contributed by atoms with Crippen LogP contribution < -0.4 is 10.1 Å². The number of ether oxygens (including phenoxy) is 1. The van der Waals surface area contributed by atoms with Gasteiger partial charge in [-0.2, -0.15) is 13.9 Å². The number of hydrogen-bond donors (Lipinski definition) is 1. The topological polar surface area (TPSA) is 81.9 Å². The van der Waals surface area contributed by atoms with Gasteiger partial charge >= 0.3 is 6.61 Å². The normalized spacial score (nSPS) is 11.0. The molecule has 0 spiro atoms. The summed E-state index contributed by atoms with van der Waals surface area (Å²) in [5.41, 5.74) is 4.22. The first-order chi connectivity index (χ1) is 13.7. The summed E-state index contributed by atoms with van der Waals surface area (Å²) >= 11 is 0. The van der Waals surface area contributed by atoms with Crippen LogP contribution in [0.25, 0.3) is 5.95 Å². The van der Waals surface area contributed by atoms with E-state index in [9.17, 15) is 13.6 Å². The highest BCUT2D eigenvalue weighted by Gasteiger charge is 2.18. The number of alkyl halides is 2. The van der Waals surface area contributed by atoms with E-state index in [-0.39, 0.29) is 18.1 Å². The Morgan fingerprint density at radius 2 is 1.83 bits per heavy atom. The van der Waals surface area contributed by atoms with Crippen LogP contribution in [0.1, 0.15) is 28.3 Å². The van der Waals surface area contributed by atoms with Gasteiger partial charge in [0.1, 0.15) is 5.75 Å². The summed E-state index contributed by atoms with van der Waals surface area (Å²) in [6.45, 7) is 4.49. The lowest BCUT2D eigenvalue weighted by Gasteiger charge is -2.09. The minimum absolute atomic E-state index is 0.0232. The monoisotopic (exact) mass is 401 g/mol. The molecule has 2 heterocycles. The van der Waals surface area contributed by atoms with Crippen LogP contribution in [0, 0.1) is 27.7 Å². The fraction of sp³-hybridized carbons (Fsp3) is 0.300. The van der Waals surface area contributed by atoms with Crippen molar-refractivity contribution in [3.8, 4) is 11.7 Å². The van der Waals surface area contributed by atoms with E-state index in [0.29, 0.717) is 17.3 Å². The van der Waals surface area contributed by atoms with Gasteiger partial charge in [0.15, 0.2) is 0 Å². The van der Waals surface area contributed by atoms with Gasteiger partial charge in [-0.05, 0) is 45.9 Å². The number of nitrogens with zero attached hydrogens (tertiary/aromatic N) is 4. The van der Waals surface area contributed by atoms with Crippen LogP contribution in [-0.2, 0) is 11.2 Å². The average Bonchev–Trinajstić information content (AvgIpc) is 2.89. The fourth-order valence-corrected chi connectivity index (χ4v) is 3.04. The standard InChI is InChI=1S/C20H21F2N5O2/c1-11-8-12(2)24-20(23-11)27-14(4)17(13(3)26-27)10-18(28)25-15-6-5-7-16(9-15)29-19(21)22/h5-9,19H,10H2,1-4H3,(H,25,28). The van der Waals surface area contributed by atoms with Gasteiger partial charge in [-0.25, -0.2) is 14.6 Å². The number of anilines is 1. The molecular weight excluding hydrogens is 380 g/mol. The van der Waals surface area contributed by atoms with E-state index >= 15 is 0 Å². The Bertz CT molecular complexity index is 1030. The first kappa shape index (κ1) is 20.4. The van der Waals surface area contributed by atoms with Crippen LogP contribution in [0.15, 0.2) is 30.3 Å². The second kappa shape index (κ2) is 8.34. The molecule has 0 radical (unpaired) electrons. The summed E-state index contributed by atoms with van der Waals surface area (Å²) in [5, 5.41) is 7.17. The van der Waals surface area contributed by atoms with Gasteiger partial charge < -0.3 is 10.1 Å². The summed E-state index contributed by atoms with van der Waals surface area (Å²) in [4.78, 5) is 21.3. The second-order valence-corrected chi connectivity index (χ2v) is 6.64. The van der Waals surface area contributed by atoms with Crippen LogP contribution in [0.4, 0.5) is 14.5 Å². The maximum atomic E-state index is 12.5. The van der Waals surface area contributed by atoms with Gasteiger partial charge in [0, 0.05) is 34.4 Å². The third-order valence-corrected chi connectivity index (χ3v) is 4.28. The van der Waals surface area contributed by atoms with Crippen molar-refractivity contribution >= 4 is 11.6 Å². The van der Waals surface area contributed by atoms with Crippen molar-refractivity contribution in [2.45, 2.75) is 40.7 Å². The molecule has 0 saturated heterocycles. The molecule has 0 aliphatic heterocycles. The molecular formula is C20H21F2N5O2. The lowest BCUT2D eigenvalue weighted by molar-refractivity contribution is -0.115. The highest BCUT2D eigenvalue weighted by atomic mass is 19.3. The maximum Gasteiger partial charge on any atom is 0.387 e. The average molecular weight is 401 g/mol. The summed E-state index contributed by atoms with van der Waals surface area (Å²) < 4.78 is 30.7. The van der Waals surface area contributed by atoms with Gasteiger partial charge in [-0.1, -0.05) is 6.07 Å². The number of hydrogen-bond acceptors (Lipinski definition) is 5. The summed E-state index contributed by atoms with van der Waals surface area (Å²) in [5.74, 6) is 0.128. The van der Waals surface area contributed by atoms with Crippen LogP contribution in [0.5, 0.6) is 5.75 Å². The molecule has 0 unspecified atom stereocenters. The van der Waals surface area contributed by atoms with Gasteiger partial charge in [0.25, 0.3) is 5.95 Å². The molecule has 1 amide bonds. The molecule has 0 atom stereocenters. The van der Waals surface area contributed by atoms with E-state index in [1.165, 1.54) is 18.2 Å². The van der Waals surface area contributed by atoms with Gasteiger partial charge in [0.05, 0.1) is 12.1 Å². The van der Waals surface area contributed by atoms with Crippen molar-refractivity contribution in [3.63, 3.8) is 0 Å². The minimum atomic E-state index is -2.93. The smallest absolute Gasteiger partial charge is 0.387 e. The molecule has 29 heavy (non-hydrogen) atoms. The zero-order valence-corrected chi connectivity index (χ0v) is 16.5. The third-order valence-electron chi connectivity index (χ3n) is 4.28. The lowest BCUT2D eigenvalue weighted by Crippen LogP contribution is -2.15. The predicted molar refractivity (Wildman–Crippen MR) is 104 cm³/mol. The van der Waals surface area contributed by atoms with Crippen molar-refractivity contribution in [2.75, 3.05) is 5.32 Å². The summed E-state index contributed by atoms with van der Waals surface area (Å²) in [6, 6.07) is 7.73. The Morgan fingerprint density at radius 1 is 1.14 bits per heavy atom. The van der Waals surface area contributed by atoms with Crippen LogP contribution in [0.2, 0.25) is 0 Å². The molecule has 0 aliphatic carbocycles. The molecule has 1 aromatic carbocycles. The number of amides is 1. The van der Waals surface area contributed by atoms with E-state index in [1.807, 2.05) is 33.8 Å². The van der Waals surface area contributed by atoms with Crippen LogP contribution >= 0.6 is 0 Å². The number of halogens is 2. The molecule has 9 heteroatoms. The quantitative estimate of drug-likeness (QED) is 0.681. The van der Waals surface area contributed by atoms with Gasteiger partial charge in [0.2, 0.25) is 5.91 Å². The highest BCUT2D eigenvalue weighted by Crippen LogP contribution is 2.21. The number of carbonyl (C=O) groups is 1. The number of benzene rings is 1. The molecule has 2 aromatic heterocycles. The van der Waals surface area contributed by atoms with Gasteiger partial charge in [-0.15, -0.1) is 0 Å². The Balaban J connectivity index is 1.78. The van der Waals surface area contributed by atoms with Crippen molar-refractivity contribution < 1.29 is 18.3 Å². The maximum absolute atomic E-state index is 12.5. The number of aryl methyl sites for hydroxylation is 3. The van der Waals surface area contributed by atoms with Crippen molar-refractivity contribution in [1.82, 2.24) is 19.7 Å². The van der Waals surface area contributed by atoms with E-state index in [0.717, 1.165) is 22.6 Å². The summed E-state index contributed by atoms with van der Waals surface area (Å²) in [6.07, 6.45) is 0.0718. The first-order valence-electron chi connectivity index (χ1n) is 8.95. The van der Waals surface area contributed by atoms with E-state index in [4.69, 9.17) is 0 Å². The Kier molecular flexibility index (Phi) is 5.86. The van der Waals surface area contributed by atoms with Crippen LogP contribution in [0.3, 0.4) is 0 Å². The Labute approximate surface area is 166 Å². The molecule has 7 nitrogen and oxygen atoms in total. The number of nitrogens with one attached hydrogen (secondary N) is 1. The summed E-state index contributed by atoms with van der Waals surface area (Å²) in [7, 11) is 0. The van der Waals surface area contributed by atoms with Crippen molar-refractivity contribution in [1.29, 1.82) is 0 Å². The molecule has 0 bridgehead atoms. The van der Waals surface area contributed by atoms with Gasteiger partial charge in [-0.3, -0.25) is 4.79 Å². The van der Waals surface area contributed by atoms with Crippen molar-refractivity contribution in [2.24, 2.45) is 0 Å². The van der Waals surface area contributed by atoms with E-state index in [1.54, 1.807) is 10.7 Å². The predicted octanol–water partition coefficient (Wildman–Crippen LogP) is 3.68. The Morgan fingerprint density at radius 3 is 2.48 bits per heavy atom. The van der Waals surface area contributed by atoms with Crippen LogP contribution in [-0.4, -0.2) is 32.3 Å². The first-order valence-corrected chi connectivity index (χ1v) is 8.95. The van der Waals surface area contributed by atoms with Crippen molar-refractivity contribution in [3.05, 3.63) is 58.7 Å². The third kappa shape index (κ3) is 4.92. The minimum Gasteiger partial charge on any atom is -0.435 e. The molecule has 3 aromatic rings. The number of rotatable bonds is 6. The molecule has 0 saturated carbocycles. The molecule has 0 fully saturated rings. The molecule has 3 rings (SSSR count). The fourth-order valence-electron chi connectivity index (χ4n) is 3.04. The zero-order chi connectivity index (χ0) is 21.1. The zero-order valence-electron chi connectivity index (χ0n) is 16.5. The lowest BCUT2D eigenvalue weighted by atomic mass is 10.1. The molecule has 152 valence electrons. The SMILES string of the molecule is Cc1cc(C)nc(-n2nc(C)c(CC(=O)Nc3cccc(OC(F)F)c3)c2C)n1. The van der Waals surface area contributed by atoms with E-state index in [2.05, 4.69) is 25.1 Å². The second-order valence-electron chi connectivity index (χ2n) is 6.64.